The van der Waals surface area contributed by atoms with Crippen LogP contribution < -0.4 is 4.90 Å². The molecule has 2 amide bonds. The number of nitrogens with zero attached hydrogens (tertiary/aromatic N) is 4. The number of aryl methyl sites for hydroxylation is 1. The van der Waals surface area contributed by atoms with Crippen LogP contribution in [-0.2, 0) is 20.7 Å². The fraction of sp³-hybridized carbons (Fsp3) is 0.632. The summed E-state index contributed by atoms with van der Waals surface area (Å²) >= 11 is 0. The summed E-state index contributed by atoms with van der Waals surface area (Å²) in [6, 6.07) is 4.03. The van der Waals surface area contributed by atoms with Crippen LogP contribution in [0.3, 0.4) is 0 Å². The molecule has 2 saturated heterocycles. The van der Waals surface area contributed by atoms with E-state index < -0.39 is 0 Å². The Labute approximate surface area is 160 Å². The second kappa shape index (κ2) is 9.55. The van der Waals surface area contributed by atoms with Gasteiger partial charge in [-0.05, 0) is 31.0 Å². The van der Waals surface area contributed by atoms with Gasteiger partial charge in [0.25, 0.3) is 0 Å². The molecule has 0 bridgehead atoms. The third kappa shape index (κ3) is 5.32. The molecule has 1 aromatic heterocycles. The van der Waals surface area contributed by atoms with Gasteiger partial charge >= 0.3 is 6.09 Å². The fourth-order valence-electron chi connectivity index (χ4n) is 3.34. The Kier molecular flexibility index (Phi) is 6.86. The first-order valence-corrected chi connectivity index (χ1v) is 9.64. The molecule has 8 heteroatoms. The largest absolute Gasteiger partial charge is 0.450 e. The van der Waals surface area contributed by atoms with Gasteiger partial charge < -0.3 is 24.2 Å². The summed E-state index contributed by atoms with van der Waals surface area (Å²) in [6.07, 6.45) is 2.67. The quantitative estimate of drug-likeness (QED) is 0.768. The molecule has 0 aromatic carbocycles. The summed E-state index contributed by atoms with van der Waals surface area (Å²) < 4.78 is 10.4. The van der Waals surface area contributed by atoms with E-state index in [0.717, 1.165) is 37.7 Å². The van der Waals surface area contributed by atoms with Crippen LogP contribution in [0.15, 0.2) is 18.3 Å². The molecular formula is C19H28N4O4. The predicted molar refractivity (Wildman–Crippen MR) is 101 cm³/mol. The van der Waals surface area contributed by atoms with Crippen molar-refractivity contribution in [1.29, 1.82) is 0 Å². The Balaban J connectivity index is 1.46. The number of anilines is 1. The fourth-order valence-corrected chi connectivity index (χ4v) is 3.34. The van der Waals surface area contributed by atoms with Crippen LogP contribution in [0.1, 0.15) is 18.9 Å². The van der Waals surface area contributed by atoms with Crippen LogP contribution in [0.2, 0.25) is 0 Å². The van der Waals surface area contributed by atoms with Gasteiger partial charge in [0.05, 0.1) is 19.8 Å². The van der Waals surface area contributed by atoms with Crippen LogP contribution >= 0.6 is 0 Å². The molecule has 1 aromatic rings. The molecule has 8 nitrogen and oxygen atoms in total. The minimum Gasteiger partial charge on any atom is -0.450 e. The summed E-state index contributed by atoms with van der Waals surface area (Å²) in [6.45, 7) is 7.49. The molecule has 2 aliphatic rings. The minimum absolute atomic E-state index is 0.128. The number of amides is 2. The highest BCUT2D eigenvalue weighted by molar-refractivity contribution is 5.77. The standard InChI is InChI=1S/C19H28N4O4/c1-2-27-19(25)23-9-7-22(8-10-23)18(24)4-3-16-5-6-20-17(15-16)21-11-13-26-14-12-21/h5-6,15H,2-4,7-14H2,1H3. The molecule has 0 N–H and O–H groups in total. The van der Waals surface area contributed by atoms with Crippen molar-refractivity contribution in [1.82, 2.24) is 14.8 Å². The highest BCUT2D eigenvalue weighted by atomic mass is 16.6. The lowest BCUT2D eigenvalue weighted by Gasteiger charge is -2.34. The van der Waals surface area contributed by atoms with Gasteiger partial charge in [-0.3, -0.25) is 4.79 Å². The Morgan fingerprint density at radius 1 is 1.11 bits per heavy atom. The van der Waals surface area contributed by atoms with Crippen molar-refractivity contribution >= 4 is 17.8 Å². The Hall–Kier alpha value is -2.35. The van der Waals surface area contributed by atoms with Crippen molar-refractivity contribution in [2.24, 2.45) is 0 Å². The first kappa shape index (κ1) is 19.4. The van der Waals surface area contributed by atoms with Crippen molar-refractivity contribution in [2.45, 2.75) is 19.8 Å². The van der Waals surface area contributed by atoms with E-state index in [1.807, 2.05) is 17.2 Å². The lowest BCUT2D eigenvalue weighted by atomic mass is 10.1. The smallest absolute Gasteiger partial charge is 0.409 e. The third-order valence-electron chi connectivity index (χ3n) is 4.93. The zero-order valence-electron chi connectivity index (χ0n) is 15.9. The Morgan fingerprint density at radius 3 is 2.52 bits per heavy atom. The van der Waals surface area contributed by atoms with E-state index >= 15 is 0 Å². The molecule has 0 aliphatic carbocycles. The summed E-state index contributed by atoms with van der Waals surface area (Å²) in [5, 5.41) is 0. The topological polar surface area (TPSA) is 75.2 Å². The van der Waals surface area contributed by atoms with E-state index in [1.165, 1.54) is 0 Å². The molecule has 0 unspecified atom stereocenters. The maximum absolute atomic E-state index is 12.5. The number of carbonyl (C=O) groups is 2. The van der Waals surface area contributed by atoms with Crippen molar-refractivity contribution in [3.05, 3.63) is 23.9 Å². The zero-order valence-corrected chi connectivity index (χ0v) is 15.9. The summed E-state index contributed by atoms with van der Waals surface area (Å²) in [5.74, 6) is 1.08. The van der Waals surface area contributed by atoms with E-state index in [-0.39, 0.29) is 12.0 Å². The van der Waals surface area contributed by atoms with Crippen molar-refractivity contribution in [3.8, 4) is 0 Å². The lowest BCUT2D eigenvalue weighted by molar-refractivity contribution is -0.132. The van der Waals surface area contributed by atoms with Gasteiger partial charge in [-0.25, -0.2) is 9.78 Å². The van der Waals surface area contributed by atoms with Gasteiger partial charge in [0, 0.05) is 51.9 Å². The van der Waals surface area contributed by atoms with E-state index in [9.17, 15) is 9.59 Å². The number of ether oxygens (including phenoxy) is 2. The molecule has 2 fully saturated rings. The average Bonchev–Trinajstić information content (AvgIpc) is 2.73. The zero-order chi connectivity index (χ0) is 19.1. The molecule has 0 spiro atoms. The number of pyridine rings is 1. The van der Waals surface area contributed by atoms with Crippen molar-refractivity contribution in [2.75, 3.05) is 64.0 Å². The van der Waals surface area contributed by atoms with Gasteiger partial charge in [-0.2, -0.15) is 0 Å². The van der Waals surface area contributed by atoms with E-state index in [0.29, 0.717) is 45.6 Å². The van der Waals surface area contributed by atoms with Crippen molar-refractivity contribution < 1.29 is 19.1 Å². The van der Waals surface area contributed by atoms with E-state index in [4.69, 9.17) is 9.47 Å². The molecule has 0 radical (unpaired) electrons. The molecule has 0 atom stereocenters. The van der Waals surface area contributed by atoms with Crippen LogP contribution in [0.5, 0.6) is 0 Å². The summed E-state index contributed by atoms with van der Waals surface area (Å²) in [5.41, 5.74) is 1.12. The van der Waals surface area contributed by atoms with Gasteiger partial charge in [0.1, 0.15) is 5.82 Å². The summed E-state index contributed by atoms with van der Waals surface area (Å²) in [4.78, 5) is 34.4. The molecule has 0 saturated carbocycles. The first-order valence-electron chi connectivity index (χ1n) is 9.64. The number of aromatic nitrogens is 1. The van der Waals surface area contributed by atoms with Gasteiger partial charge in [-0.15, -0.1) is 0 Å². The number of hydrogen-bond acceptors (Lipinski definition) is 6. The monoisotopic (exact) mass is 376 g/mol. The predicted octanol–water partition coefficient (Wildman–Crippen LogP) is 1.15. The second-order valence-electron chi connectivity index (χ2n) is 6.69. The van der Waals surface area contributed by atoms with Gasteiger partial charge in [-0.1, -0.05) is 0 Å². The maximum Gasteiger partial charge on any atom is 0.409 e. The average molecular weight is 376 g/mol. The normalized spacial score (nSPS) is 17.7. The van der Waals surface area contributed by atoms with Crippen molar-refractivity contribution in [3.63, 3.8) is 0 Å². The lowest BCUT2D eigenvalue weighted by Crippen LogP contribution is -2.50. The molecule has 2 aliphatic heterocycles. The molecule has 3 heterocycles. The number of rotatable bonds is 5. The van der Waals surface area contributed by atoms with Crippen LogP contribution in [0.4, 0.5) is 10.6 Å². The van der Waals surface area contributed by atoms with E-state index in [2.05, 4.69) is 16.0 Å². The SMILES string of the molecule is CCOC(=O)N1CCN(C(=O)CCc2ccnc(N3CCOCC3)c2)CC1. The molecule has 3 rings (SSSR count). The number of carbonyl (C=O) groups excluding carboxylic acids is 2. The minimum atomic E-state index is -0.294. The summed E-state index contributed by atoms with van der Waals surface area (Å²) in [7, 11) is 0. The molecule has 27 heavy (non-hydrogen) atoms. The highest BCUT2D eigenvalue weighted by Gasteiger charge is 2.24. The number of hydrogen-bond donors (Lipinski definition) is 0. The Bertz CT molecular complexity index is 640. The first-order chi connectivity index (χ1) is 13.2. The van der Waals surface area contributed by atoms with Crippen LogP contribution in [-0.4, -0.2) is 85.9 Å². The number of morpholine rings is 1. The number of piperazine rings is 1. The van der Waals surface area contributed by atoms with Gasteiger partial charge in [0.15, 0.2) is 0 Å². The second-order valence-corrected chi connectivity index (χ2v) is 6.69. The molecular weight excluding hydrogens is 348 g/mol. The Morgan fingerprint density at radius 2 is 1.81 bits per heavy atom. The maximum atomic E-state index is 12.5. The molecule has 148 valence electrons. The van der Waals surface area contributed by atoms with Crippen LogP contribution in [0.25, 0.3) is 0 Å². The highest BCUT2D eigenvalue weighted by Crippen LogP contribution is 2.16. The van der Waals surface area contributed by atoms with Crippen LogP contribution in [0, 0.1) is 0 Å². The third-order valence-corrected chi connectivity index (χ3v) is 4.93. The van der Waals surface area contributed by atoms with Gasteiger partial charge in [0.2, 0.25) is 5.91 Å². The van der Waals surface area contributed by atoms with E-state index in [1.54, 1.807) is 11.8 Å².